The highest BCUT2D eigenvalue weighted by Crippen LogP contribution is 2.29. The van der Waals surface area contributed by atoms with Crippen molar-refractivity contribution in [1.29, 1.82) is 0 Å². The molecular weight excluding hydrogens is 409 g/mol. The number of nitrogens with zero attached hydrogens (tertiary/aromatic N) is 4. The smallest absolute Gasteiger partial charge is 0.408 e. The number of fused-ring (bicyclic) bond motifs is 1. The fourth-order valence-corrected chi connectivity index (χ4v) is 3.77. The van der Waals surface area contributed by atoms with Crippen LogP contribution in [-0.4, -0.2) is 38.0 Å². The Morgan fingerprint density at radius 2 is 2.07 bits per heavy atom. The van der Waals surface area contributed by atoms with E-state index in [-0.39, 0.29) is 0 Å². The third-order valence-corrected chi connectivity index (χ3v) is 5.04. The highest BCUT2D eigenvalue weighted by molar-refractivity contribution is 7.99. The largest absolute Gasteiger partial charge is 0.444 e. The number of carbonyl (C=O) groups is 1. The Bertz CT molecular complexity index is 907. The monoisotopic (exact) mass is 427 g/mol. The first kappa shape index (κ1) is 20.0. The fraction of sp³-hybridized carbons (Fsp3) is 0.412. The maximum atomic E-state index is 12.0. The normalized spacial score (nSPS) is 15.0. The minimum Gasteiger partial charge on any atom is -0.444 e. The summed E-state index contributed by atoms with van der Waals surface area (Å²) >= 11 is 13.8. The predicted octanol–water partition coefficient (Wildman–Crippen LogP) is 4.53. The first-order valence-corrected chi connectivity index (χ1v) is 9.99. The second-order valence-electron chi connectivity index (χ2n) is 6.98. The molecule has 144 valence electrons. The van der Waals surface area contributed by atoms with Crippen molar-refractivity contribution in [3.63, 3.8) is 0 Å². The van der Waals surface area contributed by atoms with Crippen LogP contribution in [-0.2, 0) is 4.74 Å². The van der Waals surface area contributed by atoms with Gasteiger partial charge in [-0.1, -0.05) is 41.0 Å². The van der Waals surface area contributed by atoms with Gasteiger partial charge >= 0.3 is 6.09 Å². The molecule has 1 atom stereocenters. The SMILES string of the molecule is CC(NC(=O)OC(C)(C)C)c1nnc2n1N=C(c1ccc(Cl)cc1Cl)CS2. The third kappa shape index (κ3) is 4.75. The summed E-state index contributed by atoms with van der Waals surface area (Å²) in [6.07, 6.45) is -0.527. The molecule has 1 unspecified atom stereocenters. The summed E-state index contributed by atoms with van der Waals surface area (Å²) in [5, 5.41) is 17.5. The summed E-state index contributed by atoms with van der Waals surface area (Å²) in [6, 6.07) is 4.85. The molecule has 0 spiro atoms. The number of ether oxygens (including phenoxy) is 1. The maximum Gasteiger partial charge on any atom is 0.408 e. The zero-order valence-corrected chi connectivity index (χ0v) is 17.6. The second kappa shape index (κ2) is 7.69. The van der Waals surface area contributed by atoms with Crippen molar-refractivity contribution in [2.24, 2.45) is 5.10 Å². The zero-order chi connectivity index (χ0) is 19.8. The average Bonchev–Trinajstić information content (AvgIpc) is 2.96. The van der Waals surface area contributed by atoms with E-state index in [9.17, 15) is 4.79 Å². The first-order valence-electron chi connectivity index (χ1n) is 8.25. The minimum atomic E-state index is -0.583. The van der Waals surface area contributed by atoms with Gasteiger partial charge in [0.05, 0.1) is 16.8 Å². The van der Waals surface area contributed by atoms with Crippen LogP contribution in [0.1, 0.15) is 45.1 Å². The summed E-state index contributed by atoms with van der Waals surface area (Å²) in [5.74, 6) is 1.11. The van der Waals surface area contributed by atoms with Crippen LogP contribution in [0.4, 0.5) is 4.79 Å². The lowest BCUT2D eigenvalue weighted by Gasteiger charge is -2.22. The Morgan fingerprint density at radius 3 is 2.74 bits per heavy atom. The number of amides is 1. The van der Waals surface area contributed by atoms with Gasteiger partial charge in [-0.05, 0) is 39.8 Å². The van der Waals surface area contributed by atoms with Crippen LogP contribution < -0.4 is 5.32 Å². The topological polar surface area (TPSA) is 81.4 Å². The van der Waals surface area contributed by atoms with E-state index >= 15 is 0 Å². The number of thioether (sulfide) groups is 1. The number of rotatable bonds is 3. The van der Waals surface area contributed by atoms with Crippen molar-refractivity contribution in [3.8, 4) is 0 Å². The van der Waals surface area contributed by atoms with Crippen LogP contribution in [0.3, 0.4) is 0 Å². The molecule has 0 saturated heterocycles. The lowest BCUT2D eigenvalue weighted by molar-refractivity contribution is 0.0505. The summed E-state index contributed by atoms with van der Waals surface area (Å²) in [4.78, 5) is 12.0. The molecule has 10 heteroatoms. The number of halogens is 2. The van der Waals surface area contributed by atoms with Crippen LogP contribution in [0.15, 0.2) is 28.5 Å². The van der Waals surface area contributed by atoms with Crippen LogP contribution in [0, 0.1) is 0 Å². The summed E-state index contributed by atoms with van der Waals surface area (Å²) in [7, 11) is 0. The van der Waals surface area contributed by atoms with E-state index < -0.39 is 17.7 Å². The Balaban J connectivity index is 1.86. The number of alkyl carbamates (subject to hydrolysis) is 1. The summed E-state index contributed by atoms with van der Waals surface area (Å²) in [5.41, 5.74) is 0.993. The molecule has 3 rings (SSSR count). The maximum absolute atomic E-state index is 12.0. The predicted molar refractivity (Wildman–Crippen MR) is 107 cm³/mol. The summed E-state index contributed by atoms with van der Waals surface area (Å²) < 4.78 is 6.91. The Labute approximate surface area is 171 Å². The molecule has 1 aromatic heterocycles. The molecule has 1 aliphatic rings. The van der Waals surface area contributed by atoms with E-state index in [0.29, 0.717) is 26.8 Å². The quantitative estimate of drug-likeness (QED) is 0.777. The van der Waals surface area contributed by atoms with Crippen LogP contribution in [0.25, 0.3) is 0 Å². The van der Waals surface area contributed by atoms with Crippen molar-refractivity contribution in [3.05, 3.63) is 39.6 Å². The molecule has 2 aromatic rings. The second-order valence-corrected chi connectivity index (χ2v) is 8.77. The lowest BCUT2D eigenvalue weighted by atomic mass is 10.1. The van der Waals surface area contributed by atoms with Crippen LogP contribution >= 0.6 is 35.0 Å². The number of hydrogen-bond donors (Lipinski definition) is 1. The highest BCUT2D eigenvalue weighted by Gasteiger charge is 2.26. The molecule has 0 fully saturated rings. The van der Waals surface area contributed by atoms with Crippen molar-refractivity contribution in [1.82, 2.24) is 20.2 Å². The zero-order valence-electron chi connectivity index (χ0n) is 15.3. The number of carbonyl (C=O) groups excluding carboxylic acids is 1. The van der Waals surface area contributed by atoms with Crippen LogP contribution in [0.2, 0.25) is 10.0 Å². The molecule has 1 aromatic carbocycles. The Morgan fingerprint density at radius 1 is 1.33 bits per heavy atom. The van der Waals surface area contributed by atoms with Crippen molar-refractivity contribution in [2.45, 2.75) is 44.5 Å². The standard InChI is InChI=1S/C17H19Cl2N5O2S/c1-9(20-16(25)26-17(2,3)4)14-21-22-15-24(14)23-13(8-27-15)11-6-5-10(18)7-12(11)19/h5-7,9H,8H2,1-4H3,(H,20,25). The molecule has 0 bridgehead atoms. The number of aromatic nitrogens is 3. The van der Waals surface area contributed by atoms with Gasteiger partial charge in [-0.15, -0.1) is 10.2 Å². The van der Waals surface area contributed by atoms with Gasteiger partial charge in [0.2, 0.25) is 5.16 Å². The lowest BCUT2D eigenvalue weighted by Crippen LogP contribution is -2.35. The van der Waals surface area contributed by atoms with E-state index in [0.717, 1.165) is 11.3 Å². The molecule has 1 amide bonds. The van der Waals surface area contributed by atoms with Crippen LogP contribution in [0.5, 0.6) is 0 Å². The van der Waals surface area contributed by atoms with Gasteiger partial charge in [0.15, 0.2) is 5.82 Å². The molecule has 0 aliphatic carbocycles. The van der Waals surface area contributed by atoms with Crippen molar-refractivity contribution in [2.75, 3.05) is 5.75 Å². The van der Waals surface area contributed by atoms with Gasteiger partial charge in [0.1, 0.15) is 5.60 Å². The van der Waals surface area contributed by atoms with E-state index in [2.05, 4.69) is 20.6 Å². The van der Waals surface area contributed by atoms with Gasteiger partial charge in [0.25, 0.3) is 0 Å². The van der Waals surface area contributed by atoms with Crippen molar-refractivity contribution >= 4 is 46.8 Å². The van der Waals surface area contributed by atoms with Gasteiger partial charge in [0, 0.05) is 16.3 Å². The molecule has 2 heterocycles. The van der Waals surface area contributed by atoms with E-state index in [1.54, 1.807) is 44.5 Å². The number of hydrogen-bond acceptors (Lipinski definition) is 6. The summed E-state index contributed by atoms with van der Waals surface area (Å²) in [6.45, 7) is 7.21. The average molecular weight is 428 g/mol. The van der Waals surface area contributed by atoms with Gasteiger partial charge in [-0.25, -0.2) is 4.79 Å². The highest BCUT2D eigenvalue weighted by atomic mass is 35.5. The van der Waals surface area contributed by atoms with Gasteiger partial charge in [-0.2, -0.15) is 9.78 Å². The fourth-order valence-electron chi connectivity index (χ4n) is 2.42. The van der Waals surface area contributed by atoms with E-state index in [1.807, 2.05) is 6.07 Å². The first-order chi connectivity index (χ1) is 12.6. The minimum absolute atomic E-state index is 0.439. The molecule has 0 saturated carbocycles. The molecule has 1 N–H and O–H groups in total. The molecule has 7 nitrogen and oxygen atoms in total. The number of benzene rings is 1. The van der Waals surface area contributed by atoms with E-state index in [4.69, 9.17) is 27.9 Å². The van der Waals surface area contributed by atoms with Crippen molar-refractivity contribution < 1.29 is 9.53 Å². The number of nitrogens with one attached hydrogen (secondary N) is 1. The third-order valence-electron chi connectivity index (χ3n) is 3.56. The molecule has 27 heavy (non-hydrogen) atoms. The van der Waals surface area contributed by atoms with Gasteiger partial charge < -0.3 is 10.1 Å². The Kier molecular flexibility index (Phi) is 5.69. The molecule has 1 aliphatic heterocycles. The Hall–Kier alpha value is -1.77. The van der Waals surface area contributed by atoms with E-state index in [1.165, 1.54) is 11.8 Å². The molecular formula is C17H19Cl2N5O2S. The van der Waals surface area contributed by atoms with Gasteiger partial charge in [-0.3, -0.25) is 0 Å². The molecule has 0 radical (unpaired) electrons.